The van der Waals surface area contributed by atoms with E-state index in [2.05, 4.69) is 6.07 Å². The average Bonchev–Trinajstić information content (AvgIpc) is 2.30. The molecule has 1 aromatic rings. The molecule has 0 N–H and O–H groups in total. The predicted octanol–water partition coefficient (Wildman–Crippen LogP) is 4.15. The number of unbranched alkanes of at least 4 members (excludes halogenated alkanes) is 2. The summed E-state index contributed by atoms with van der Waals surface area (Å²) in [6.07, 6.45) is 2.26. The van der Waals surface area contributed by atoms with Crippen LogP contribution in [-0.4, -0.2) is 6.61 Å². The molecule has 0 aliphatic carbocycles. The van der Waals surface area contributed by atoms with Crippen LogP contribution in [0.5, 0.6) is 5.75 Å². The van der Waals surface area contributed by atoms with Gasteiger partial charge >= 0.3 is 0 Å². The number of nitriles is 1. The van der Waals surface area contributed by atoms with Crippen molar-refractivity contribution in [3.63, 3.8) is 0 Å². The van der Waals surface area contributed by atoms with E-state index in [9.17, 15) is 0 Å². The number of nitrogens with zero attached hydrogens (tertiary/aromatic N) is 1. The summed E-state index contributed by atoms with van der Waals surface area (Å²) in [6, 6.07) is 7.62. The third-order valence-corrected chi connectivity index (χ3v) is 2.71. The predicted molar refractivity (Wildman–Crippen MR) is 66.0 cm³/mol. The number of alkyl halides is 1. The van der Waals surface area contributed by atoms with Gasteiger partial charge in [0.05, 0.1) is 23.6 Å². The minimum absolute atomic E-state index is 0.383. The number of benzene rings is 1. The lowest BCUT2D eigenvalue weighted by molar-refractivity contribution is 0.305. The molecule has 0 fully saturated rings. The van der Waals surface area contributed by atoms with Crippen molar-refractivity contribution in [1.82, 2.24) is 0 Å². The highest BCUT2D eigenvalue weighted by atomic mass is 35.5. The van der Waals surface area contributed by atoms with Crippen molar-refractivity contribution < 1.29 is 4.74 Å². The minimum Gasteiger partial charge on any atom is -0.492 e. The summed E-state index contributed by atoms with van der Waals surface area (Å²) in [7, 11) is 0. The minimum atomic E-state index is 0.383. The van der Waals surface area contributed by atoms with Crippen molar-refractivity contribution in [3.05, 3.63) is 28.8 Å². The van der Waals surface area contributed by atoms with Gasteiger partial charge in [-0.15, -0.1) is 11.6 Å². The molecule has 2 nitrogen and oxygen atoms in total. The van der Waals surface area contributed by atoms with E-state index in [0.29, 0.717) is 29.7 Å². The Kier molecular flexibility index (Phi) is 6.07. The fraction of sp³-hybridized carbons (Fsp3) is 0.417. The Bertz CT molecular complexity index is 374. The monoisotopic (exact) mass is 257 g/mol. The zero-order chi connectivity index (χ0) is 11.8. The number of ether oxygens (including phenoxy) is 1. The molecule has 0 heterocycles. The first-order valence-electron chi connectivity index (χ1n) is 5.12. The first-order valence-corrected chi connectivity index (χ1v) is 6.04. The van der Waals surface area contributed by atoms with Gasteiger partial charge < -0.3 is 4.74 Å². The Labute approximate surface area is 106 Å². The van der Waals surface area contributed by atoms with Gasteiger partial charge in [0.1, 0.15) is 5.75 Å². The van der Waals surface area contributed by atoms with Crippen LogP contribution < -0.4 is 4.74 Å². The fourth-order valence-electron chi connectivity index (χ4n) is 1.30. The number of halogens is 2. The summed E-state index contributed by atoms with van der Waals surface area (Å²) >= 11 is 11.8. The van der Waals surface area contributed by atoms with Crippen molar-refractivity contribution in [1.29, 1.82) is 5.26 Å². The van der Waals surface area contributed by atoms with Crippen LogP contribution in [0.1, 0.15) is 24.8 Å². The van der Waals surface area contributed by atoms with E-state index in [-0.39, 0.29) is 0 Å². The van der Waals surface area contributed by atoms with Gasteiger partial charge in [-0.2, -0.15) is 5.26 Å². The number of hydrogen-bond acceptors (Lipinski definition) is 2. The maximum Gasteiger partial charge on any atom is 0.142 e. The molecule has 1 rings (SSSR count). The van der Waals surface area contributed by atoms with Crippen molar-refractivity contribution in [2.45, 2.75) is 25.1 Å². The van der Waals surface area contributed by atoms with Gasteiger partial charge in [-0.1, -0.05) is 23.7 Å². The van der Waals surface area contributed by atoms with Crippen molar-refractivity contribution >= 4 is 23.2 Å². The van der Waals surface area contributed by atoms with Gasteiger partial charge in [0.15, 0.2) is 0 Å². The Hall–Kier alpha value is -0.910. The van der Waals surface area contributed by atoms with E-state index >= 15 is 0 Å². The molecule has 0 saturated carbocycles. The molecule has 0 saturated heterocycles. The Morgan fingerprint density at radius 2 is 2.12 bits per heavy atom. The molecule has 0 aromatic heterocycles. The summed E-state index contributed by atoms with van der Waals surface area (Å²) in [5, 5.41) is 8.96. The van der Waals surface area contributed by atoms with Gasteiger partial charge in [-0.25, -0.2) is 0 Å². The van der Waals surface area contributed by atoms with Crippen LogP contribution in [0, 0.1) is 11.3 Å². The number of para-hydroxylation sites is 1. The summed E-state index contributed by atoms with van der Waals surface area (Å²) in [5.74, 6) is 1.05. The van der Waals surface area contributed by atoms with Crippen LogP contribution in [-0.2, 0) is 5.88 Å². The van der Waals surface area contributed by atoms with E-state index in [1.165, 1.54) is 0 Å². The average molecular weight is 258 g/mol. The first kappa shape index (κ1) is 13.2. The maximum atomic E-state index is 8.38. The maximum absolute atomic E-state index is 8.38. The molecule has 0 aliphatic heterocycles. The lowest BCUT2D eigenvalue weighted by Gasteiger charge is -2.11. The van der Waals surface area contributed by atoms with Crippen LogP contribution in [0.2, 0.25) is 5.02 Å². The summed E-state index contributed by atoms with van der Waals surface area (Å²) in [5.41, 5.74) is 0.898. The third-order valence-electron chi connectivity index (χ3n) is 2.12. The Morgan fingerprint density at radius 3 is 2.81 bits per heavy atom. The second-order valence-electron chi connectivity index (χ2n) is 3.33. The molecule has 0 radical (unpaired) electrons. The Morgan fingerprint density at radius 1 is 1.31 bits per heavy atom. The molecular weight excluding hydrogens is 245 g/mol. The topological polar surface area (TPSA) is 33.0 Å². The molecule has 4 heteroatoms. The van der Waals surface area contributed by atoms with E-state index < -0.39 is 0 Å². The molecule has 16 heavy (non-hydrogen) atoms. The smallest absolute Gasteiger partial charge is 0.142 e. The highest BCUT2D eigenvalue weighted by Gasteiger charge is 2.06. The van der Waals surface area contributed by atoms with Crippen LogP contribution in [0.4, 0.5) is 0 Å². The highest BCUT2D eigenvalue weighted by molar-refractivity contribution is 6.32. The molecule has 0 bridgehead atoms. The van der Waals surface area contributed by atoms with Crippen LogP contribution in [0.15, 0.2) is 18.2 Å². The van der Waals surface area contributed by atoms with Gasteiger partial charge in [-0.05, 0) is 18.9 Å². The van der Waals surface area contributed by atoms with Gasteiger partial charge in [0.2, 0.25) is 0 Å². The van der Waals surface area contributed by atoms with E-state index in [4.69, 9.17) is 33.2 Å². The number of hydrogen-bond donors (Lipinski definition) is 0. The summed E-state index contributed by atoms with van der Waals surface area (Å²) < 4.78 is 5.58. The van der Waals surface area contributed by atoms with Crippen molar-refractivity contribution in [2.75, 3.05) is 6.61 Å². The van der Waals surface area contributed by atoms with E-state index in [1.54, 1.807) is 6.07 Å². The zero-order valence-corrected chi connectivity index (χ0v) is 10.4. The van der Waals surface area contributed by atoms with Crippen LogP contribution in [0.25, 0.3) is 0 Å². The molecule has 86 valence electrons. The van der Waals surface area contributed by atoms with Gasteiger partial charge in [0.25, 0.3) is 0 Å². The normalized spacial score (nSPS) is 9.81. The first-order chi connectivity index (χ1) is 7.79. The van der Waals surface area contributed by atoms with Crippen LogP contribution in [0.3, 0.4) is 0 Å². The number of rotatable bonds is 6. The standard InChI is InChI=1S/C12H13Cl2NO/c13-9-10-5-4-6-11(14)12(10)16-8-3-1-2-7-15/h4-6H,1-3,8-9H2. The molecule has 0 amide bonds. The highest BCUT2D eigenvalue weighted by Crippen LogP contribution is 2.29. The summed E-state index contributed by atoms with van der Waals surface area (Å²) in [4.78, 5) is 0. The van der Waals surface area contributed by atoms with E-state index in [1.807, 2.05) is 12.1 Å². The van der Waals surface area contributed by atoms with Crippen LogP contribution >= 0.6 is 23.2 Å². The lowest BCUT2D eigenvalue weighted by Crippen LogP contribution is -2.00. The quantitative estimate of drug-likeness (QED) is 0.567. The second kappa shape index (κ2) is 7.38. The largest absolute Gasteiger partial charge is 0.492 e. The van der Waals surface area contributed by atoms with Crippen molar-refractivity contribution in [2.24, 2.45) is 0 Å². The molecule has 0 spiro atoms. The lowest BCUT2D eigenvalue weighted by atomic mass is 10.2. The fourth-order valence-corrected chi connectivity index (χ4v) is 1.76. The molecule has 1 aromatic carbocycles. The Balaban J connectivity index is 2.50. The zero-order valence-electron chi connectivity index (χ0n) is 8.88. The third kappa shape index (κ3) is 3.92. The van der Waals surface area contributed by atoms with Gasteiger partial charge in [0, 0.05) is 12.0 Å². The molecule has 0 unspecified atom stereocenters. The van der Waals surface area contributed by atoms with E-state index in [0.717, 1.165) is 18.4 Å². The molecule has 0 aliphatic rings. The molecular formula is C12H13Cl2NO. The van der Waals surface area contributed by atoms with Gasteiger partial charge in [-0.3, -0.25) is 0 Å². The summed E-state index contributed by atoms with van der Waals surface area (Å²) in [6.45, 7) is 0.565. The molecule has 0 atom stereocenters. The van der Waals surface area contributed by atoms with Crippen molar-refractivity contribution in [3.8, 4) is 11.8 Å². The second-order valence-corrected chi connectivity index (χ2v) is 4.00. The SMILES string of the molecule is N#CCCCCOc1c(Cl)cccc1CCl.